The number of hydrogen-bond acceptors (Lipinski definition) is 3. The van der Waals surface area contributed by atoms with Gasteiger partial charge in [0.15, 0.2) is 0 Å². The zero-order valence-electron chi connectivity index (χ0n) is 10.6. The van der Waals surface area contributed by atoms with Crippen molar-refractivity contribution in [1.82, 2.24) is 19.7 Å². The van der Waals surface area contributed by atoms with Gasteiger partial charge in [-0.15, -0.1) is 0 Å². The third kappa shape index (κ3) is 2.06. The molecule has 2 heterocycles. The zero-order valence-corrected chi connectivity index (χ0v) is 10.6. The lowest BCUT2D eigenvalue weighted by Gasteiger charge is -2.24. The van der Waals surface area contributed by atoms with Crippen molar-refractivity contribution in [2.45, 2.75) is 37.6 Å². The van der Waals surface area contributed by atoms with Crippen molar-refractivity contribution in [3.05, 3.63) is 24.3 Å². The van der Waals surface area contributed by atoms with Gasteiger partial charge in [-0.1, -0.05) is 0 Å². The molecule has 0 aromatic carbocycles. The summed E-state index contributed by atoms with van der Waals surface area (Å²) in [6.45, 7) is 0. The fraction of sp³-hybridized carbons (Fsp3) is 0.538. The molecule has 96 valence electrons. The molecule has 1 aliphatic carbocycles. The number of aryl methyl sites for hydroxylation is 1. The maximum atomic E-state index is 5.94. The van der Waals surface area contributed by atoms with Gasteiger partial charge in [0.05, 0.1) is 17.6 Å². The minimum atomic E-state index is 0.382. The molecule has 1 fully saturated rings. The minimum Gasteiger partial charge on any atom is -0.341 e. The van der Waals surface area contributed by atoms with Crippen LogP contribution in [0.3, 0.4) is 0 Å². The molecule has 18 heavy (non-hydrogen) atoms. The lowest BCUT2D eigenvalue weighted by Crippen LogP contribution is -2.26. The van der Waals surface area contributed by atoms with E-state index >= 15 is 0 Å². The number of nitrogens with zero attached hydrogens (tertiary/aromatic N) is 3. The van der Waals surface area contributed by atoms with Crippen LogP contribution < -0.4 is 5.73 Å². The molecule has 0 unspecified atom stereocenters. The Balaban J connectivity index is 1.80. The van der Waals surface area contributed by atoms with Crippen molar-refractivity contribution < 1.29 is 0 Å². The van der Waals surface area contributed by atoms with Crippen LogP contribution in [-0.2, 0) is 7.05 Å². The van der Waals surface area contributed by atoms with E-state index in [1.807, 2.05) is 24.0 Å². The summed E-state index contributed by atoms with van der Waals surface area (Å²) in [7, 11) is 1.94. The van der Waals surface area contributed by atoms with Gasteiger partial charge in [-0.05, 0) is 31.7 Å². The molecule has 0 saturated heterocycles. The standard InChI is InChI=1S/C13H19N5/c1-18-12(6-7-16-18)11-8-15-13(17-11)9-2-4-10(14)5-3-9/h6-10H,2-5,14H2,1H3,(H,15,17). The summed E-state index contributed by atoms with van der Waals surface area (Å²) in [6.07, 6.45) is 8.19. The van der Waals surface area contributed by atoms with Crippen molar-refractivity contribution in [2.75, 3.05) is 0 Å². The van der Waals surface area contributed by atoms with Crippen LogP contribution in [0.4, 0.5) is 0 Å². The average molecular weight is 245 g/mol. The van der Waals surface area contributed by atoms with Crippen LogP contribution in [0.1, 0.15) is 37.4 Å². The number of rotatable bonds is 2. The fourth-order valence-electron chi connectivity index (χ4n) is 2.70. The Morgan fingerprint density at radius 3 is 2.78 bits per heavy atom. The molecule has 2 aromatic rings. The fourth-order valence-corrected chi connectivity index (χ4v) is 2.70. The number of H-pyrrole nitrogens is 1. The Bertz CT molecular complexity index is 519. The van der Waals surface area contributed by atoms with Crippen molar-refractivity contribution in [3.63, 3.8) is 0 Å². The van der Waals surface area contributed by atoms with Crippen molar-refractivity contribution in [3.8, 4) is 11.4 Å². The van der Waals surface area contributed by atoms with Crippen LogP contribution >= 0.6 is 0 Å². The van der Waals surface area contributed by atoms with Gasteiger partial charge in [0.2, 0.25) is 0 Å². The molecule has 0 spiro atoms. The third-order valence-electron chi connectivity index (χ3n) is 3.85. The van der Waals surface area contributed by atoms with E-state index in [-0.39, 0.29) is 0 Å². The Morgan fingerprint density at radius 2 is 2.11 bits per heavy atom. The number of aromatic amines is 1. The highest BCUT2D eigenvalue weighted by Crippen LogP contribution is 2.31. The van der Waals surface area contributed by atoms with Gasteiger partial charge in [0, 0.05) is 25.2 Å². The van der Waals surface area contributed by atoms with Gasteiger partial charge in [0.25, 0.3) is 0 Å². The molecule has 0 aliphatic heterocycles. The first-order valence-electron chi connectivity index (χ1n) is 6.53. The van der Waals surface area contributed by atoms with Crippen LogP contribution in [0.2, 0.25) is 0 Å². The van der Waals surface area contributed by atoms with Gasteiger partial charge >= 0.3 is 0 Å². The quantitative estimate of drug-likeness (QED) is 0.847. The first-order chi connectivity index (χ1) is 8.74. The normalized spacial score (nSPS) is 24.3. The summed E-state index contributed by atoms with van der Waals surface area (Å²) in [5.41, 5.74) is 8.05. The number of nitrogens with two attached hydrogens (primary N) is 1. The minimum absolute atomic E-state index is 0.382. The first kappa shape index (κ1) is 11.5. The summed E-state index contributed by atoms with van der Waals surface area (Å²) in [4.78, 5) is 7.95. The molecular weight excluding hydrogens is 226 g/mol. The van der Waals surface area contributed by atoms with Crippen LogP contribution in [-0.4, -0.2) is 25.8 Å². The van der Waals surface area contributed by atoms with Crippen LogP contribution in [0, 0.1) is 0 Å². The van der Waals surface area contributed by atoms with Gasteiger partial charge in [-0.25, -0.2) is 4.98 Å². The highest BCUT2D eigenvalue weighted by atomic mass is 15.3. The summed E-state index contributed by atoms with van der Waals surface area (Å²) < 4.78 is 1.86. The molecule has 2 aromatic heterocycles. The lowest BCUT2D eigenvalue weighted by atomic mass is 9.86. The molecule has 5 heteroatoms. The molecule has 0 radical (unpaired) electrons. The molecule has 3 N–H and O–H groups in total. The second kappa shape index (κ2) is 4.57. The van der Waals surface area contributed by atoms with E-state index in [0.717, 1.165) is 42.9 Å². The first-order valence-corrected chi connectivity index (χ1v) is 6.53. The molecular formula is C13H19N5. The zero-order chi connectivity index (χ0) is 12.5. The topological polar surface area (TPSA) is 72.5 Å². The van der Waals surface area contributed by atoms with Crippen molar-refractivity contribution in [2.24, 2.45) is 12.8 Å². The maximum absolute atomic E-state index is 5.94. The summed E-state index contributed by atoms with van der Waals surface area (Å²) in [5.74, 6) is 1.63. The summed E-state index contributed by atoms with van der Waals surface area (Å²) in [5, 5.41) is 4.18. The highest BCUT2D eigenvalue weighted by molar-refractivity contribution is 5.53. The molecule has 0 atom stereocenters. The van der Waals surface area contributed by atoms with Crippen LogP contribution in [0.5, 0.6) is 0 Å². The van der Waals surface area contributed by atoms with Crippen LogP contribution in [0.25, 0.3) is 11.4 Å². The van der Waals surface area contributed by atoms with E-state index in [1.54, 1.807) is 6.20 Å². The Kier molecular flexibility index (Phi) is 2.91. The predicted molar refractivity (Wildman–Crippen MR) is 70.0 cm³/mol. The third-order valence-corrected chi connectivity index (χ3v) is 3.85. The molecule has 0 amide bonds. The molecule has 3 rings (SSSR count). The van der Waals surface area contributed by atoms with E-state index < -0.39 is 0 Å². The predicted octanol–water partition coefficient (Wildman–Crippen LogP) is 1.80. The smallest absolute Gasteiger partial charge is 0.109 e. The maximum Gasteiger partial charge on any atom is 0.109 e. The average Bonchev–Trinajstić information content (AvgIpc) is 2.98. The second-order valence-corrected chi connectivity index (χ2v) is 5.13. The molecule has 0 bridgehead atoms. The van der Waals surface area contributed by atoms with E-state index in [0.29, 0.717) is 12.0 Å². The summed E-state index contributed by atoms with van der Waals surface area (Å²) >= 11 is 0. The van der Waals surface area contributed by atoms with E-state index in [4.69, 9.17) is 5.73 Å². The second-order valence-electron chi connectivity index (χ2n) is 5.13. The largest absolute Gasteiger partial charge is 0.341 e. The van der Waals surface area contributed by atoms with Crippen LogP contribution in [0.15, 0.2) is 18.5 Å². The van der Waals surface area contributed by atoms with E-state index in [2.05, 4.69) is 15.1 Å². The lowest BCUT2D eigenvalue weighted by molar-refractivity contribution is 0.386. The molecule has 1 aliphatic rings. The summed E-state index contributed by atoms with van der Waals surface area (Å²) in [6, 6.07) is 2.38. The molecule has 1 saturated carbocycles. The highest BCUT2D eigenvalue weighted by Gasteiger charge is 2.22. The number of aromatic nitrogens is 4. The van der Waals surface area contributed by atoms with Crippen molar-refractivity contribution in [1.29, 1.82) is 0 Å². The number of nitrogens with one attached hydrogen (secondary N) is 1. The van der Waals surface area contributed by atoms with Crippen molar-refractivity contribution >= 4 is 0 Å². The van der Waals surface area contributed by atoms with Gasteiger partial charge in [-0.3, -0.25) is 4.68 Å². The Morgan fingerprint density at radius 1 is 1.33 bits per heavy atom. The SMILES string of the molecule is Cn1nccc1-c1cnc(C2CCC(N)CC2)[nH]1. The van der Waals surface area contributed by atoms with Gasteiger partial charge in [-0.2, -0.15) is 5.10 Å². The number of hydrogen-bond donors (Lipinski definition) is 2. The Labute approximate surface area is 106 Å². The van der Waals surface area contributed by atoms with Gasteiger partial charge < -0.3 is 10.7 Å². The van der Waals surface area contributed by atoms with Gasteiger partial charge in [0.1, 0.15) is 5.82 Å². The monoisotopic (exact) mass is 245 g/mol. The Hall–Kier alpha value is -1.62. The molecule has 5 nitrogen and oxygen atoms in total. The number of imidazole rings is 1. The van der Waals surface area contributed by atoms with E-state index in [9.17, 15) is 0 Å². The van der Waals surface area contributed by atoms with E-state index in [1.165, 1.54) is 0 Å².